The first-order chi connectivity index (χ1) is 12.1. The van der Waals surface area contributed by atoms with Crippen LogP contribution in [0.15, 0.2) is 18.2 Å². The highest BCUT2D eigenvalue weighted by atomic mass is 16.7. The van der Waals surface area contributed by atoms with Crippen LogP contribution in [0.3, 0.4) is 0 Å². The van der Waals surface area contributed by atoms with Crippen molar-refractivity contribution in [1.82, 2.24) is 10.2 Å². The van der Waals surface area contributed by atoms with Crippen molar-refractivity contribution in [1.29, 1.82) is 0 Å². The van der Waals surface area contributed by atoms with Gasteiger partial charge in [0.25, 0.3) is 5.91 Å². The lowest BCUT2D eigenvalue weighted by molar-refractivity contribution is -0.126. The topological polar surface area (TPSA) is 77.1 Å². The Kier molecular flexibility index (Phi) is 4.03. The van der Waals surface area contributed by atoms with E-state index < -0.39 is 0 Å². The van der Waals surface area contributed by atoms with Crippen molar-refractivity contribution in [3.8, 4) is 11.5 Å². The van der Waals surface area contributed by atoms with Crippen LogP contribution < -0.4 is 14.8 Å². The van der Waals surface area contributed by atoms with Gasteiger partial charge in [0.2, 0.25) is 12.7 Å². The maximum atomic E-state index is 12.8. The van der Waals surface area contributed by atoms with Crippen LogP contribution in [0.5, 0.6) is 11.5 Å². The summed E-state index contributed by atoms with van der Waals surface area (Å²) in [7, 11) is 1.62. The molecular weight excluding hydrogens is 324 g/mol. The number of carbonyl (C=O) groups excluding carboxylic acids is 2. The smallest absolute Gasteiger partial charge is 0.253 e. The van der Waals surface area contributed by atoms with Crippen molar-refractivity contribution in [2.75, 3.05) is 40.1 Å². The zero-order chi connectivity index (χ0) is 17.4. The minimum atomic E-state index is -0.125. The maximum absolute atomic E-state index is 12.8. The van der Waals surface area contributed by atoms with Crippen LogP contribution >= 0.6 is 0 Å². The summed E-state index contributed by atoms with van der Waals surface area (Å²) in [5.41, 5.74) is 0.507. The molecule has 1 atom stereocenters. The molecule has 0 bridgehead atoms. The van der Waals surface area contributed by atoms with Gasteiger partial charge in [-0.3, -0.25) is 9.59 Å². The molecule has 1 spiro atoms. The number of methoxy groups -OCH3 is 1. The molecule has 2 saturated heterocycles. The second-order valence-corrected chi connectivity index (χ2v) is 6.95. The highest BCUT2D eigenvalue weighted by molar-refractivity contribution is 5.95. The van der Waals surface area contributed by atoms with Gasteiger partial charge in [-0.25, -0.2) is 0 Å². The Balaban J connectivity index is 1.45. The summed E-state index contributed by atoms with van der Waals surface area (Å²) >= 11 is 0. The van der Waals surface area contributed by atoms with E-state index in [1.54, 1.807) is 25.3 Å². The molecule has 1 aromatic carbocycles. The highest BCUT2D eigenvalue weighted by Gasteiger charge is 2.50. The van der Waals surface area contributed by atoms with Crippen LogP contribution in [0.2, 0.25) is 0 Å². The lowest BCUT2D eigenvalue weighted by Gasteiger charge is -2.41. The Morgan fingerprint density at radius 1 is 1.32 bits per heavy atom. The summed E-state index contributed by atoms with van der Waals surface area (Å²) in [6.07, 6.45) is 1.60. The van der Waals surface area contributed by atoms with Crippen LogP contribution in [0, 0.1) is 11.3 Å². The number of likely N-dealkylation sites (tertiary alicyclic amines) is 1. The predicted molar refractivity (Wildman–Crippen MR) is 88.5 cm³/mol. The summed E-state index contributed by atoms with van der Waals surface area (Å²) in [5.74, 6) is 1.23. The lowest BCUT2D eigenvalue weighted by atomic mass is 9.71. The zero-order valence-electron chi connectivity index (χ0n) is 14.2. The molecule has 0 radical (unpaired) electrons. The third-order valence-corrected chi connectivity index (χ3v) is 5.67. The van der Waals surface area contributed by atoms with Gasteiger partial charge in [0.05, 0.1) is 12.5 Å². The van der Waals surface area contributed by atoms with Gasteiger partial charge < -0.3 is 24.4 Å². The third-order valence-electron chi connectivity index (χ3n) is 5.67. The number of rotatable bonds is 3. The molecule has 7 heteroatoms. The molecule has 0 aliphatic carbocycles. The first-order valence-corrected chi connectivity index (χ1v) is 8.58. The second kappa shape index (κ2) is 6.22. The van der Waals surface area contributed by atoms with Gasteiger partial charge in [0.1, 0.15) is 0 Å². The number of carbonyl (C=O) groups is 2. The van der Waals surface area contributed by atoms with Crippen LogP contribution in [0.1, 0.15) is 23.2 Å². The Morgan fingerprint density at radius 3 is 2.84 bits per heavy atom. The largest absolute Gasteiger partial charge is 0.454 e. The Bertz CT molecular complexity index is 697. The average molecular weight is 346 g/mol. The normalized spacial score (nSPS) is 23.8. The van der Waals surface area contributed by atoms with Gasteiger partial charge in [-0.05, 0) is 31.0 Å². The van der Waals surface area contributed by atoms with E-state index in [1.807, 2.05) is 4.90 Å². The fraction of sp³-hybridized carbons (Fsp3) is 0.556. The molecule has 25 heavy (non-hydrogen) atoms. The highest BCUT2D eigenvalue weighted by Crippen LogP contribution is 2.42. The van der Waals surface area contributed by atoms with Crippen molar-refractivity contribution in [3.05, 3.63) is 23.8 Å². The standard InChI is InChI=1S/C18H22N2O5/c1-23-9-13-16(21)19-10-18(13)4-6-20(7-5-18)17(22)12-2-3-14-15(8-12)25-11-24-14/h2-3,8,13H,4-7,9-11H2,1H3,(H,19,21). The van der Waals surface area contributed by atoms with E-state index in [0.717, 1.165) is 12.8 Å². The number of ether oxygens (including phenoxy) is 3. The minimum Gasteiger partial charge on any atom is -0.454 e. The first kappa shape index (κ1) is 16.2. The van der Waals surface area contributed by atoms with E-state index in [0.29, 0.717) is 43.3 Å². The summed E-state index contributed by atoms with van der Waals surface area (Å²) in [6, 6.07) is 5.28. The zero-order valence-corrected chi connectivity index (χ0v) is 14.2. The lowest BCUT2D eigenvalue weighted by Crippen LogP contribution is -2.47. The summed E-state index contributed by atoms with van der Waals surface area (Å²) in [4.78, 5) is 26.7. The third kappa shape index (κ3) is 2.72. The summed E-state index contributed by atoms with van der Waals surface area (Å²) in [6.45, 7) is 2.58. The number of amides is 2. The molecule has 0 aromatic heterocycles. The molecular formula is C18H22N2O5. The SMILES string of the molecule is COCC1C(=O)NCC12CCN(C(=O)c1ccc3c(c1)OCO3)CC2. The number of benzene rings is 1. The van der Waals surface area contributed by atoms with Crippen molar-refractivity contribution in [2.24, 2.45) is 11.3 Å². The maximum Gasteiger partial charge on any atom is 0.253 e. The minimum absolute atomic E-state index is 0.00581. The number of fused-ring (bicyclic) bond motifs is 1. The molecule has 1 aromatic rings. The van der Waals surface area contributed by atoms with Crippen molar-refractivity contribution in [3.63, 3.8) is 0 Å². The van der Waals surface area contributed by atoms with E-state index in [-0.39, 0.29) is 29.9 Å². The Morgan fingerprint density at radius 2 is 2.08 bits per heavy atom. The van der Waals surface area contributed by atoms with Gasteiger partial charge >= 0.3 is 0 Å². The van der Waals surface area contributed by atoms with E-state index in [2.05, 4.69) is 5.32 Å². The number of nitrogens with zero attached hydrogens (tertiary/aromatic N) is 1. The van der Waals surface area contributed by atoms with E-state index >= 15 is 0 Å². The van der Waals surface area contributed by atoms with Crippen LogP contribution in [-0.4, -0.2) is 56.9 Å². The molecule has 3 heterocycles. The van der Waals surface area contributed by atoms with E-state index in [9.17, 15) is 9.59 Å². The van der Waals surface area contributed by atoms with E-state index in [1.165, 1.54) is 0 Å². The molecule has 0 saturated carbocycles. The van der Waals surface area contributed by atoms with Crippen LogP contribution in [-0.2, 0) is 9.53 Å². The number of hydrogen-bond acceptors (Lipinski definition) is 5. The predicted octanol–water partition coefficient (Wildman–Crippen LogP) is 1.03. The van der Waals surface area contributed by atoms with Crippen LogP contribution in [0.4, 0.5) is 0 Å². The number of piperidine rings is 1. The Hall–Kier alpha value is -2.28. The fourth-order valence-electron chi connectivity index (χ4n) is 4.10. The van der Waals surface area contributed by atoms with E-state index in [4.69, 9.17) is 14.2 Å². The second-order valence-electron chi connectivity index (χ2n) is 6.95. The summed E-state index contributed by atoms with van der Waals surface area (Å²) in [5, 5.41) is 2.97. The quantitative estimate of drug-likeness (QED) is 0.885. The molecule has 1 N–H and O–H groups in total. The monoisotopic (exact) mass is 346 g/mol. The molecule has 3 aliphatic heterocycles. The molecule has 7 nitrogen and oxygen atoms in total. The first-order valence-electron chi connectivity index (χ1n) is 8.58. The number of nitrogens with one attached hydrogen (secondary N) is 1. The van der Waals surface area contributed by atoms with Gasteiger partial charge in [0.15, 0.2) is 11.5 Å². The van der Waals surface area contributed by atoms with Crippen molar-refractivity contribution >= 4 is 11.8 Å². The molecule has 2 amide bonds. The van der Waals surface area contributed by atoms with Gasteiger partial charge in [-0.15, -0.1) is 0 Å². The average Bonchev–Trinajstić information content (AvgIpc) is 3.22. The van der Waals surface area contributed by atoms with Crippen LogP contribution in [0.25, 0.3) is 0 Å². The van der Waals surface area contributed by atoms with Crippen molar-refractivity contribution < 1.29 is 23.8 Å². The Labute approximate surface area is 146 Å². The fourth-order valence-corrected chi connectivity index (χ4v) is 4.10. The van der Waals surface area contributed by atoms with Gasteiger partial charge in [-0.2, -0.15) is 0 Å². The molecule has 134 valence electrons. The molecule has 3 aliphatic rings. The number of hydrogen-bond donors (Lipinski definition) is 1. The van der Waals surface area contributed by atoms with Gasteiger partial charge in [-0.1, -0.05) is 0 Å². The molecule has 2 fully saturated rings. The van der Waals surface area contributed by atoms with Crippen molar-refractivity contribution in [2.45, 2.75) is 12.8 Å². The van der Waals surface area contributed by atoms with Gasteiger partial charge in [0, 0.05) is 37.7 Å². The molecule has 4 rings (SSSR count). The molecule has 1 unspecified atom stereocenters. The summed E-state index contributed by atoms with van der Waals surface area (Å²) < 4.78 is 15.9.